The van der Waals surface area contributed by atoms with Gasteiger partial charge in [-0.25, -0.2) is 0 Å². The Morgan fingerprint density at radius 1 is 0.970 bits per heavy atom. The van der Waals surface area contributed by atoms with Gasteiger partial charge in [-0.2, -0.15) is 5.26 Å². The molecule has 1 saturated carbocycles. The van der Waals surface area contributed by atoms with Crippen molar-refractivity contribution in [3.63, 3.8) is 0 Å². The van der Waals surface area contributed by atoms with Crippen molar-refractivity contribution in [3.8, 4) is 11.8 Å². The Hall–Kier alpha value is -2.74. The van der Waals surface area contributed by atoms with E-state index in [1.54, 1.807) is 0 Å². The summed E-state index contributed by atoms with van der Waals surface area (Å²) in [5, 5.41) is 14.2. The zero-order valence-electron chi connectivity index (χ0n) is 18.2. The number of halogens is 2. The molecule has 0 amide bonds. The molecule has 2 aliphatic carbocycles. The van der Waals surface area contributed by atoms with Crippen molar-refractivity contribution < 1.29 is 4.74 Å². The van der Waals surface area contributed by atoms with Crippen LogP contribution in [0.4, 0.5) is 5.69 Å². The van der Waals surface area contributed by atoms with Crippen LogP contribution < -0.4 is 10.1 Å². The predicted octanol–water partition coefficient (Wildman–Crippen LogP) is 7.85. The lowest BCUT2D eigenvalue weighted by Gasteiger charge is -2.43. The molecule has 166 valence electrons. The van der Waals surface area contributed by atoms with Crippen LogP contribution in [-0.2, 0) is 12.0 Å². The first-order valence-electron chi connectivity index (χ1n) is 11.2. The molecule has 0 aliphatic heterocycles. The number of benzene rings is 3. The van der Waals surface area contributed by atoms with Gasteiger partial charge in [-0.3, -0.25) is 0 Å². The van der Waals surface area contributed by atoms with Crippen LogP contribution in [0.3, 0.4) is 0 Å². The molecular weight excluding hydrogens is 496 g/mol. The normalized spacial score (nSPS) is 23.5. The van der Waals surface area contributed by atoms with E-state index in [0.29, 0.717) is 11.6 Å². The monoisotopic (exact) mass is 518 g/mol. The molecule has 0 atom stereocenters. The molecule has 0 aromatic heterocycles. The highest BCUT2D eigenvalue weighted by Crippen LogP contribution is 2.55. The van der Waals surface area contributed by atoms with Gasteiger partial charge in [0.15, 0.2) is 0 Å². The van der Waals surface area contributed by atoms with Gasteiger partial charge in [0.1, 0.15) is 17.9 Å². The van der Waals surface area contributed by atoms with Gasteiger partial charge in [-0.1, -0.05) is 70.0 Å². The summed E-state index contributed by atoms with van der Waals surface area (Å²) >= 11 is 10.0. The van der Waals surface area contributed by atoms with E-state index in [4.69, 9.17) is 16.3 Å². The van der Waals surface area contributed by atoms with Gasteiger partial charge >= 0.3 is 0 Å². The molecule has 1 spiro atoms. The maximum absolute atomic E-state index is 10.1. The summed E-state index contributed by atoms with van der Waals surface area (Å²) in [6, 6.07) is 26.7. The summed E-state index contributed by atoms with van der Waals surface area (Å²) in [4.78, 5) is 0. The summed E-state index contributed by atoms with van der Waals surface area (Å²) in [6.07, 6.45) is 5.46. The van der Waals surface area contributed by atoms with Gasteiger partial charge in [0.2, 0.25) is 0 Å². The largest absolute Gasteiger partial charge is 0.489 e. The first-order chi connectivity index (χ1) is 16.0. The summed E-state index contributed by atoms with van der Waals surface area (Å²) in [5.41, 5.74) is 3.83. The summed E-state index contributed by atoms with van der Waals surface area (Å²) < 4.78 is 7.32. The molecular formula is C28H24BrClN2O. The second-order valence-electron chi connectivity index (χ2n) is 8.93. The van der Waals surface area contributed by atoms with Crippen molar-refractivity contribution in [1.82, 2.24) is 0 Å². The van der Waals surface area contributed by atoms with Gasteiger partial charge in [0, 0.05) is 20.6 Å². The molecule has 0 unspecified atom stereocenters. The summed E-state index contributed by atoms with van der Waals surface area (Å²) in [5.74, 6) is 0.877. The molecule has 1 fully saturated rings. The fraction of sp³-hybridized carbons (Fsp3) is 0.250. The van der Waals surface area contributed by atoms with Crippen LogP contribution in [0.15, 0.2) is 77.3 Å². The molecule has 3 aromatic carbocycles. The highest BCUT2D eigenvalue weighted by molar-refractivity contribution is 9.11. The van der Waals surface area contributed by atoms with Gasteiger partial charge in [-0.05, 0) is 78.8 Å². The minimum absolute atomic E-state index is 0.113. The maximum atomic E-state index is 10.1. The zero-order chi connectivity index (χ0) is 22.9. The standard InChI is InChI=1S/C28H24BrClN2O/c29-26-15-21-9-10-24(33-18-20-5-2-1-3-6-20)17-25(21)28(26)13-11-27(19-31,12-14-28)32-23-8-4-7-22(30)16-23/h1-10,15-17,32H,11-14,18H2. The number of nitrogens with zero attached hydrogens (tertiary/aromatic N) is 1. The fourth-order valence-corrected chi connectivity index (χ4v) is 6.08. The smallest absolute Gasteiger partial charge is 0.125 e. The van der Waals surface area contributed by atoms with Crippen molar-refractivity contribution in [2.24, 2.45) is 0 Å². The summed E-state index contributed by atoms with van der Waals surface area (Å²) in [7, 11) is 0. The number of hydrogen-bond donors (Lipinski definition) is 1. The topological polar surface area (TPSA) is 45.0 Å². The van der Waals surface area contributed by atoms with Crippen molar-refractivity contribution >= 4 is 39.3 Å². The number of ether oxygens (including phenoxy) is 1. The minimum atomic E-state index is -0.604. The SMILES string of the molecule is N#CC1(Nc2cccc(Cl)c2)CCC2(CC1)C(Br)=Cc1ccc(OCc3ccccc3)cc12. The lowest BCUT2D eigenvalue weighted by Crippen LogP contribution is -2.45. The second kappa shape index (κ2) is 8.89. The van der Waals surface area contributed by atoms with Crippen LogP contribution in [0.25, 0.3) is 6.08 Å². The van der Waals surface area contributed by atoms with Crippen LogP contribution in [0, 0.1) is 11.3 Å². The van der Waals surface area contributed by atoms with E-state index in [2.05, 4.69) is 57.7 Å². The van der Waals surface area contributed by atoms with Crippen LogP contribution in [-0.4, -0.2) is 5.54 Å². The van der Waals surface area contributed by atoms with Crippen LogP contribution in [0.2, 0.25) is 5.02 Å². The fourth-order valence-electron chi connectivity index (χ4n) is 5.03. The predicted molar refractivity (Wildman–Crippen MR) is 138 cm³/mol. The van der Waals surface area contributed by atoms with Crippen molar-refractivity contribution in [2.75, 3.05) is 5.32 Å². The van der Waals surface area contributed by atoms with Crippen LogP contribution in [0.1, 0.15) is 42.4 Å². The number of nitrogens with one attached hydrogen (secondary N) is 1. The van der Waals surface area contributed by atoms with E-state index in [1.165, 1.54) is 15.6 Å². The van der Waals surface area contributed by atoms with Crippen molar-refractivity contribution in [3.05, 3.63) is 99.0 Å². The lowest BCUT2D eigenvalue weighted by molar-refractivity contribution is 0.289. The molecule has 3 nitrogen and oxygen atoms in total. The maximum Gasteiger partial charge on any atom is 0.125 e. The zero-order valence-corrected chi connectivity index (χ0v) is 20.5. The Bertz CT molecular complexity index is 1240. The highest BCUT2D eigenvalue weighted by Gasteiger charge is 2.48. The number of rotatable bonds is 5. The third-order valence-electron chi connectivity index (χ3n) is 6.91. The summed E-state index contributed by atoms with van der Waals surface area (Å²) in [6.45, 7) is 0.544. The Labute approximate surface area is 208 Å². The molecule has 33 heavy (non-hydrogen) atoms. The molecule has 2 aliphatic rings. The molecule has 0 saturated heterocycles. The van der Waals surface area contributed by atoms with Crippen LogP contribution >= 0.6 is 27.5 Å². The van der Waals surface area contributed by atoms with Gasteiger partial charge in [0.25, 0.3) is 0 Å². The van der Waals surface area contributed by atoms with Crippen molar-refractivity contribution in [2.45, 2.75) is 43.2 Å². The van der Waals surface area contributed by atoms with E-state index in [0.717, 1.165) is 42.7 Å². The average molecular weight is 520 g/mol. The van der Waals surface area contributed by atoms with Crippen molar-refractivity contribution in [1.29, 1.82) is 5.26 Å². The van der Waals surface area contributed by atoms with E-state index < -0.39 is 5.54 Å². The molecule has 0 radical (unpaired) electrons. The van der Waals surface area contributed by atoms with Gasteiger partial charge < -0.3 is 10.1 Å². The average Bonchev–Trinajstić information content (AvgIpc) is 3.10. The number of allylic oxidation sites excluding steroid dienone is 1. The number of nitriles is 1. The Balaban J connectivity index is 1.36. The molecule has 5 rings (SSSR count). The van der Waals surface area contributed by atoms with E-state index in [1.807, 2.05) is 48.5 Å². The number of anilines is 1. The Morgan fingerprint density at radius 2 is 1.76 bits per heavy atom. The van der Waals surface area contributed by atoms with E-state index in [9.17, 15) is 5.26 Å². The second-order valence-corrected chi connectivity index (χ2v) is 10.2. The Kier molecular flexibility index (Phi) is 5.95. The molecule has 3 aromatic rings. The van der Waals surface area contributed by atoms with Gasteiger partial charge in [-0.15, -0.1) is 0 Å². The van der Waals surface area contributed by atoms with Crippen LogP contribution in [0.5, 0.6) is 5.75 Å². The quantitative estimate of drug-likeness (QED) is 0.373. The Morgan fingerprint density at radius 3 is 2.48 bits per heavy atom. The minimum Gasteiger partial charge on any atom is -0.489 e. The number of fused-ring (bicyclic) bond motifs is 2. The molecule has 0 bridgehead atoms. The third-order valence-corrected chi connectivity index (χ3v) is 8.13. The van der Waals surface area contributed by atoms with E-state index in [-0.39, 0.29) is 5.41 Å². The van der Waals surface area contributed by atoms with E-state index >= 15 is 0 Å². The molecule has 5 heteroatoms. The lowest BCUT2D eigenvalue weighted by atomic mass is 9.65. The highest BCUT2D eigenvalue weighted by atomic mass is 79.9. The third kappa shape index (κ3) is 4.28. The first-order valence-corrected chi connectivity index (χ1v) is 12.3. The number of hydrogen-bond acceptors (Lipinski definition) is 3. The van der Waals surface area contributed by atoms with Gasteiger partial charge in [0.05, 0.1) is 6.07 Å². The first kappa shape index (κ1) is 22.1. The molecule has 0 heterocycles. The molecule has 1 N–H and O–H groups in total.